The Morgan fingerprint density at radius 2 is 2.14 bits per heavy atom. The van der Waals surface area contributed by atoms with Crippen molar-refractivity contribution in [3.63, 3.8) is 0 Å². The lowest BCUT2D eigenvalue weighted by molar-refractivity contribution is 0.391. The van der Waals surface area contributed by atoms with Crippen LogP contribution in [0.1, 0.15) is 17.5 Å². The number of benzene rings is 1. The Morgan fingerprint density at radius 3 is 2.86 bits per heavy atom. The summed E-state index contributed by atoms with van der Waals surface area (Å²) >= 11 is 0. The molecule has 2 rings (SSSR count). The first-order chi connectivity index (χ1) is 6.72. The normalized spacial score (nSPS) is 20.5. The fraction of sp³-hybridized carbons (Fsp3) is 0.455. The number of phenolic OH excluding ortho intramolecular Hbond substituents is 2. The van der Waals surface area contributed by atoms with Gasteiger partial charge in [-0.05, 0) is 37.9 Å². The van der Waals surface area contributed by atoms with Crippen molar-refractivity contribution in [1.82, 2.24) is 5.32 Å². The van der Waals surface area contributed by atoms with Crippen molar-refractivity contribution in [2.45, 2.75) is 25.3 Å². The summed E-state index contributed by atoms with van der Waals surface area (Å²) < 4.78 is 0. The van der Waals surface area contributed by atoms with Gasteiger partial charge in [-0.25, -0.2) is 0 Å². The minimum atomic E-state index is -0.00772. The predicted molar refractivity (Wildman–Crippen MR) is 54.6 cm³/mol. The van der Waals surface area contributed by atoms with Crippen LogP contribution in [-0.2, 0) is 12.8 Å². The van der Waals surface area contributed by atoms with Crippen molar-refractivity contribution in [2.24, 2.45) is 0 Å². The van der Waals surface area contributed by atoms with E-state index in [4.69, 9.17) is 0 Å². The van der Waals surface area contributed by atoms with E-state index in [2.05, 4.69) is 5.32 Å². The quantitative estimate of drug-likeness (QED) is 0.587. The van der Waals surface area contributed by atoms with Gasteiger partial charge in [0.1, 0.15) is 0 Å². The van der Waals surface area contributed by atoms with Crippen molar-refractivity contribution in [3.8, 4) is 11.5 Å². The number of aromatic hydroxyl groups is 2. The zero-order chi connectivity index (χ0) is 10.1. The van der Waals surface area contributed by atoms with E-state index >= 15 is 0 Å². The molecule has 0 fully saturated rings. The number of rotatable bonds is 1. The molecule has 0 amide bonds. The Bertz CT molecular complexity index is 349. The Morgan fingerprint density at radius 1 is 1.36 bits per heavy atom. The standard InChI is InChI=1S/C11H15NO2/c1-12-8-3-4-9-7(6-8)2-5-10(13)11(9)14/h2,5,8,12-14H,3-4,6H2,1H3/t8-/m0/s1. The lowest BCUT2D eigenvalue weighted by Gasteiger charge is -2.24. The van der Waals surface area contributed by atoms with Crippen LogP contribution in [0.4, 0.5) is 0 Å². The second-order valence-electron chi connectivity index (χ2n) is 3.80. The molecule has 1 atom stereocenters. The van der Waals surface area contributed by atoms with Gasteiger partial charge in [-0.15, -0.1) is 0 Å². The maximum Gasteiger partial charge on any atom is 0.160 e. The van der Waals surface area contributed by atoms with Crippen molar-refractivity contribution in [2.75, 3.05) is 7.05 Å². The van der Waals surface area contributed by atoms with Crippen LogP contribution < -0.4 is 5.32 Å². The van der Waals surface area contributed by atoms with E-state index in [0.717, 1.165) is 30.4 Å². The van der Waals surface area contributed by atoms with Crippen molar-refractivity contribution in [1.29, 1.82) is 0 Å². The number of hydrogen-bond acceptors (Lipinski definition) is 3. The topological polar surface area (TPSA) is 52.5 Å². The number of nitrogens with one attached hydrogen (secondary N) is 1. The Balaban J connectivity index is 2.36. The molecule has 1 aromatic carbocycles. The Hall–Kier alpha value is -1.22. The van der Waals surface area contributed by atoms with Crippen molar-refractivity contribution >= 4 is 0 Å². The summed E-state index contributed by atoms with van der Waals surface area (Å²) in [6.45, 7) is 0. The van der Waals surface area contributed by atoms with Gasteiger partial charge in [0.05, 0.1) is 0 Å². The predicted octanol–water partition coefficient (Wildman–Crippen LogP) is 1.17. The highest BCUT2D eigenvalue weighted by Crippen LogP contribution is 2.35. The maximum atomic E-state index is 9.63. The molecular weight excluding hydrogens is 178 g/mol. The average molecular weight is 193 g/mol. The molecule has 14 heavy (non-hydrogen) atoms. The third kappa shape index (κ3) is 1.44. The first-order valence-electron chi connectivity index (χ1n) is 4.92. The van der Waals surface area contributed by atoms with Gasteiger partial charge in [0.15, 0.2) is 11.5 Å². The van der Waals surface area contributed by atoms with Crippen molar-refractivity contribution < 1.29 is 10.2 Å². The number of fused-ring (bicyclic) bond motifs is 1. The van der Waals surface area contributed by atoms with Gasteiger partial charge in [-0.1, -0.05) is 6.07 Å². The van der Waals surface area contributed by atoms with Gasteiger partial charge < -0.3 is 15.5 Å². The number of phenols is 2. The first kappa shape index (κ1) is 9.34. The molecule has 3 nitrogen and oxygen atoms in total. The molecule has 0 saturated heterocycles. The van der Waals surface area contributed by atoms with Crippen LogP contribution in [-0.4, -0.2) is 23.3 Å². The molecule has 76 valence electrons. The summed E-state index contributed by atoms with van der Waals surface area (Å²) in [6.07, 6.45) is 2.78. The summed E-state index contributed by atoms with van der Waals surface area (Å²) in [5, 5.41) is 22.2. The molecule has 0 unspecified atom stereocenters. The Kier molecular flexibility index (Phi) is 2.33. The van der Waals surface area contributed by atoms with Crippen LogP contribution in [0.3, 0.4) is 0 Å². The SMILES string of the molecule is CN[C@H]1CCc2c(ccc(O)c2O)C1. The highest BCUT2D eigenvalue weighted by atomic mass is 16.3. The summed E-state index contributed by atoms with van der Waals surface area (Å²) in [4.78, 5) is 0. The third-order valence-corrected chi connectivity index (χ3v) is 2.98. The van der Waals surface area contributed by atoms with Crippen LogP contribution in [0, 0.1) is 0 Å². The molecule has 1 aromatic rings. The molecule has 0 heterocycles. The smallest absolute Gasteiger partial charge is 0.160 e. The third-order valence-electron chi connectivity index (χ3n) is 2.98. The minimum Gasteiger partial charge on any atom is -0.504 e. The van der Waals surface area contributed by atoms with E-state index in [1.54, 1.807) is 6.07 Å². The van der Waals surface area contributed by atoms with E-state index in [1.165, 1.54) is 0 Å². The number of likely N-dealkylation sites (N-methyl/N-ethyl adjacent to an activating group) is 1. The zero-order valence-electron chi connectivity index (χ0n) is 8.25. The molecule has 1 aliphatic rings. The highest BCUT2D eigenvalue weighted by molar-refractivity contribution is 5.50. The lowest BCUT2D eigenvalue weighted by atomic mass is 9.87. The van der Waals surface area contributed by atoms with Crippen LogP contribution in [0.2, 0.25) is 0 Å². The van der Waals surface area contributed by atoms with Gasteiger partial charge in [0, 0.05) is 11.6 Å². The monoisotopic (exact) mass is 193 g/mol. The molecule has 0 aliphatic heterocycles. The molecule has 0 bridgehead atoms. The fourth-order valence-corrected chi connectivity index (χ4v) is 2.07. The molecule has 1 aliphatic carbocycles. The molecule has 0 aromatic heterocycles. The largest absolute Gasteiger partial charge is 0.504 e. The summed E-state index contributed by atoms with van der Waals surface area (Å²) in [5.74, 6) is 0.0590. The van der Waals surface area contributed by atoms with Crippen LogP contribution in [0.25, 0.3) is 0 Å². The summed E-state index contributed by atoms with van der Waals surface area (Å²) in [7, 11) is 1.95. The van der Waals surface area contributed by atoms with Gasteiger partial charge in [0.25, 0.3) is 0 Å². The molecular formula is C11H15NO2. The van der Waals surface area contributed by atoms with E-state index < -0.39 is 0 Å². The van der Waals surface area contributed by atoms with Crippen LogP contribution >= 0.6 is 0 Å². The molecule has 0 spiro atoms. The van der Waals surface area contributed by atoms with E-state index in [-0.39, 0.29) is 11.5 Å². The van der Waals surface area contributed by atoms with Crippen LogP contribution in [0.15, 0.2) is 12.1 Å². The highest BCUT2D eigenvalue weighted by Gasteiger charge is 2.20. The fourth-order valence-electron chi connectivity index (χ4n) is 2.07. The zero-order valence-corrected chi connectivity index (χ0v) is 8.25. The molecule has 0 saturated carbocycles. The number of hydrogen-bond donors (Lipinski definition) is 3. The summed E-state index contributed by atoms with van der Waals surface area (Å²) in [5.41, 5.74) is 2.06. The lowest BCUT2D eigenvalue weighted by Crippen LogP contribution is -2.31. The Labute approximate surface area is 83.4 Å². The van der Waals surface area contributed by atoms with Crippen LogP contribution in [0.5, 0.6) is 11.5 Å². The van der Waals surface area contributed by atoms with E-state index in [1.807, 2.05) is 13.1 Å². The van der Waals surface area contributed by atoms with E-state index in [9.17, 15) is 10.2 Å². The minimum absolute atomic E-state index is 0.00772. The summed E-state index contributed by atoms with van der Waals surface area (Å²) in [6, 6.07) is 3.95. The van der Waals surface area contributed by atoms with Gasteiger partial charge in [-0.2, -0.15) is 0 Å². The average Bonchev–Trinajstić information content (AvgIpc) is 2.23. The molecule has 3 N–H and O–H groups in total. The van der Waals surface area contributed by atoms with Gasteiger partial charge in [-0.3, -0.25) is 0 Å². The second-order valence-corrected chi connectivity index (χ2v) is 3.80. The van der Waals surface area contributed by atoms with Crippen molar-refractivity contribution in [3.05, 3.63) is 23.3 Å². The molecule has 0 radical (unpaired) electrons. The second kappa shape index (κ2) is 3.50. The maximum absolute atomic E-state index is 9.63. The van der Waals surface area contributed by atoms with Gasteiger partial charge in [0.2, 0.25) is 0 Å². The molecule has 3 heteroatoms. The van der Waals surface area contributed by atoms with E-state index in [0.29, 0.717) is 6.04 Å². The van der Waals surface area contributed by atoms with Gasteiger partial charge >= 0.3 is 0 Å². The first-order valence-corrected chi connectivity index (χ1v) is 4.92.